The molecule has 2 fully saturated rings. The molecule has 6 atom stereocenters. The number of halogens is 2. The van der Waals surface area contributed by atoms with Gasteiger partial charge in [0.25, 0.3) is 5.91 Å². The summed E-state index contributed by atoms with van der Waals surface area (Å²) >= 11 is 14.1. The third kappa shape index (κ3) is 7.40. The van der Waals surface area contributed by atoms with Gasteiger partial charge in [0.15, 0.2) is 10.9 Å². The van der Waals surface area contributed by atoms with Crippen LogP contribution in [0.2, 0.25) is 10.0 Å². The summed E-state index contributed by atoms with van der Waals surface area (Å²) < 4.78 is 7.54. The number of aryl methyl sites for hydroxylation is 1. The summed E-state index contributed by atoms with van der Waals surface area (Å²) in [6, 6.07) is 13.9. The number of nitrogens with one attached hydrogen (secondary N) is 1. The Morgan fingerprint density at radius 1 is 1.02 bits per heavy atom. The number of aliphatic imine (C=N–C) groups is 1. The van der Waals surface area contributed by atoms with Crippen LogP contribution < -0.4 is 10.1 Å². The third-order valence-corrected chi connectivity index (χ3v) is 15.2. The summed E-state index contributed by atoms with van der Waals surface area (Å²) in [5.74, 6) is -0.607. The second-order valence-corrected chi connectivity index (χ2v) is 19.9. The van der Waals surface area contributed by atoms with Gasteiger partial charge in [-0.1, -0.05) is 80.4 Å². The average molecular weight is 928 g/mol. The molecule has 2 aromatic carbocycles. The van der Waals surface area contributed by atoms with Gasteiger partial charge in [-0.2, -0.15) is 5.10 Å². The van der Waals surface area contributed by atoms with E-state index in [2.05, 4.69) is 36.1 Å². The molecule has 2 saturated heterocycles. The molecule has 0 saturated carbocycles. The zero-order valence-corrected chi connectivity index (χ0v) is 38.9. The fourth-order valence-corrected chi connectivity index (χ4v) is 12.0. The zero-order chi connectivity index (χ0) is 45.2. The van der Waals surface area contributed by atoms with Crippen molar-refractivity contribution in [3.63, 3.8) is 0 Å². The number of piperazine rings is 1. The third-order valence-electron chi connectivity index (χ3n) is 13.7. The summed E-state index contributed by atoms with van der Waals surface area (Å²) in [4.78, 5) is 81.7. The van der Waals surface area contributed by atoms with E-state index in [1.165, 1.54) is 11.8 Å². The van der Waals surface area contributed by atoms with Gasteiger partial charge in [0.1, 0.15) is 28.5 Å². The second-order valence-electron chi connectivity index (χ2n) is 18.0. The van der Waals surface area contributed by atoms with Gasteiger partial charge in [-0.05, 0) is 86.2 Å². The second kappa shape index (κ2) is 17.0. The number of benzene rings is 2. The predicted molar refractivity (Wildman–Crippen MR) is 244 cm³/mol. The molecule has 1 N–H and O–H groups in total. The SMILES string of the molecule is CC[C@@H]1C=C[C@@H](C(=O)N2CCN(C(=O)CCCn3ncc4c3C3(CCC(=O)NC3=O)CO4)[C@H](C)C2)N1C(=O)C1=C(C(C)C)N2C(=N[C@@](C)(c3ccc(Cl)cc3)[C@H]2c2ccc(Cl)cc2)S1. The van der Waals surface area contributed by atoms with Crippen molar-refractivity contribution in [2.24, 2.45) is 10.9 Å². The predicted octanol–water partition coefficient (Wildman–Crippen LogP) is 6.58. The fourth-order valence-electron chi connectivity index (χ4n) is 10.4. The summed E-state index contributed by atoms with van der Waals surface area (Å²) in [5, 5.41) is 8.89. The number of fused-ring (bicyclic) bond motifs is 3. The molecule has 7 heterocycles. The quantitative estimate of drug-likeness (QED) is 0.176. The molecule has 6 aliphatic heterocycles. The summed E-state index contributed by atoms with van der Waals surface area (Å²) in [7, 11) is 0. The van der Waals surface area contributed by atoms with Crippen molar-refractivity contribution >= 4 is 69.7 Å². The van der Waals surface area contributed by atoms with Crippen LogP contribution in [-0.2, 0) is 41.5 Å². The number of thioether (sulfide) groups is 1. The molecule has 0 bridgehead atoms. The highest BCUT2D eigenvalue weighted by Gasteiger charge is 2.55. The lowest BCUT2D eigenvalue weighted by molar-refractivity contribution is -0.147. The minimum atomic E-state index is -0.968. The molecule has 3 aromatic rings. The van der Waals surface area contributed by atoms with Gasteiger partial charge in [0.05, 0.1) is 24.0 Å². The monoisotopic (exact) mass is 926 g/mol. The van der Waals surface area contributed by atoms with Gasteiger partial charge in [0.2, 0.25) is 23.6 Å². The highest BCUT2D eigenvalue weighted by Crippen LogP contribution is 2.56. The van der Waals surface area contributed by atoms with E-state index >= 15 is 4.79 Å². The molecule has 17 heteroatoms. The number of ether oxygens (including phenoxy) is 1. The van der Waals surface area contributed by atoms with Crippen molar-refractivity contribution in [3.8, 4) is 5.75 Å². The summed E-state index contributed by atoms with van der Waals surface area (Å²) in [6.07, 6.45) is 7.35. The molecule has 14 nitrogen and oxygen atoms in total. The number of amides is 5. The number of hydrogen-bond donors (Lipinski definition) is 1. The van der Waals surface area contributed by atoms with Crippen molar-refractivity contribution < 1.29 is 28.7 Å². The highest BCUT2D eigenvalue weighted by molar-refractivity contribution is 8.18. The lowest BCUT2D eigenvalue weighted by Crippen LogP contribution is -2.59. The molecule has 6 aliphatic rings. The van der Waals surface area contributed by atoms with Gasteiger partial charge in [-0.25, -0.2) is 4.99 Å². The molecule has 0 aliphatic carbocycles. The highest BCUT2D eigenvalue weighted by atomic mass is 35.5. The molecule has 1 spiro atoms. The zero-order valence-electron chi connectivity index (χ0n) is 36.6. The number of carbonyl (C=O) groups is 5. The van der Waals surface area contributed by atoms with Crippen molar-refractivity contribution in [2.75, 3.05) is 26.2 Å². The van der Waals surface area contributed by atoms with Gasteiger partial charge in [0, 0.05) is 60.8 Å². The summed E-state index contributed by atoms with van der Waals surface area (Å²) in [5.41, 5.74) is 1.82. The number of carbonyl (C=O) groups excluding carboxylic acids is 5. The van der Waals surface area contributed by atoms with E-state index in [-0.39, 0.29) is 73.0 Å². The van der Waals surface area contributed by atoms with Crippen LogP contribution in [0.25, 0.3) is 0 Å². The fraction of sp³-hybridized carbons (Fsp3) is 0.468. The Kier molecular flexibility index (Phi) is 11.7. The minimum absolute atomic E-state index is 0.0297. The number of allylic oxidation sites excluding steroid dienone is 1. The molecule has 5 amide bonds. The maximum absolute atomic E-state index is 15.1. The smallest absolute Gasteiger partial charge is 0.263 e. The number of aromatic nitrogens is 2. The van der Waals surface area contributed by atoms with Gasteiger partial charge < -0.3 is 24.3 Å². The van der Waals surface area contributed by atoms with E-state index in [4.69, 9.17) is 32.9 Å². The normalized spacial score (nSPS) is 27.4. The first-order chi connectivity index (χ1) is 30.6. The first kappa shape index (κ1) is 44.1. The molecule has 336 valence electrons. The molecular formula is C47H52Cl2N8O6S. The van der Waals surface area contributed by atoms with E-state index in [0.29, 0.717) is 71.8 Å². The molecule has 1 unspecified atom stereocenters. The molecule has 0 radical (unpaired) electrons. The molecule has 1 aromatic heterocycles. The lowest BCUT2D eigenvalue weighted by Gasteiger charge is -2.42. The maximum Gasteiger partial charge on any atom is 0.263 e. The Hall–Kier alpha value is -5.12. The Bertz CT molecular complexity index is 2510. The molecule has 64 heavy (non-hydrogen) atoms. The van der Waals surface area contributed by atoms with Crippen LogP contribution in [0.15, 0.2) is 82.5 Å². The standard InChI is InChI=1S/C47H52Cl2N8O6S/c1-6-33-17-18-34(42(60)53-22-23-54(28(4)25-53)37(59)8-7-21-55-41-35(24-50-55)63-26-47(41)20-19-36(58)51-44(47)62)56(33)43(61)39-38(27(2)3)57-40(29-9-13-31(48)14-10-29)46(5,52-45(57)64-39)30-11-15-32(49)16-12-30/h9-18,24,27-28,33-34,40H,6-8,19-23,25-26H2,1-5H3,(H,51,58,62)/t28-,33-,34+,40-,46+,47?/m1/s1. The number of piperidine rings is 1. The Labute approximate surface area is 387 Å². The number of rotatable bonds is 10. The number of imide groups is 1. The van der Waals surface area contributed by atoms with E-state index in [0.717, 1.165) is 22.0 Å². The van der Waals surface area contributed by atoms with Crippen molar-refractivity contribution in [1.29, 1.82) is 0 Å². The average Bonchev–Trinajstić information content (AvgIpc) is 4.09. The largest absolute Gasteiger partial charge is 0.488 e. The van der Waals surface area contributed by atoms with Crippen LogP contribution in [-0.4, -0.2) is 108 Å². The molecular weight excluding hydrogens is 876 g/mol. The Morgan fingerprint density at radius 2 is 1.73 bits per heavy atom. The van der Waals surface area contributed by atoms with Crippen LogP contribution in [0, 0.1) is 5.92 Å². The van der Waals surface area contributed by atoms with Crippen LogP contribution in [0.5, 0.6) is 5.75 Å². The summed E-state index contributed by atoms with van der Waals surface area (Å²) in [6.45, 7) is 11.8. The van der Waals surface area contributed by atoms with E-state index in [1.54, 1.807) is 20.7 Å². The number of hydrogen-bond acceptors (Lipinski definition) is 10. The van der Waals surface area contributed by atoms with Crippen LogP contribution in [0.1, 0.15) is 89.6 Å². The van der Waals surface area contributed by atoms with Crippen LogP contribution >= 0.6 is 35.0 Å². The number of nitrogens with zero attached hydrogens (tertiary/aromatic N) is 7. The van der Waals surface area contributed by atoms with E-state index < -0.39 is 17.0 Å². The van der Waals surface area contributed by atoms with Crippen LogP contribution in [0.3, 0.4) is 0 Å². The van der Waals surface area contributed by atoms with Crippen molar-refractivity contribution in [1.82, 2.24) is 34.7 Å². The van der Waals surface area contributed by atoms with Gasteiger partial charge in [-0.3, -0.25) is 34.0 Å². The van der Waals surface area contributed by atoms with Crippen LogP contribution in [0.4, 0.5) is 0 Å². The van der Waals surface area contributed by atoms with E-state index in [9.17, 15) is 19.2 Å². The topological polar surface area (TPSA) is 150 Å². The van der Waals surface area contributed by atoms with Gasteiger partial charge in [-0.15, -0.1) is 0 Å². The Balaban J connectivity index is 0.891. The molecule has 9 rings (SSSR count). The Morgan fingerprint density at radius 3 is 2.41 bits per heavy atom. The van der Waals surface area contributed by atoms with E-state index in [1.807, 2.05) is 79.4 Å². The first-order valence-electron chi connectivity index (χ1n) is 22.1. The first-order valence-corrected chi connectivity index (χ1v) is 23.7. The van der Waals surface area contributed by atoms with Crippen molar-refractivity contribution in [3.05, 3.63) is 104 Å². The maximum atomic E-state index is 15.1. The van der Waals surface area contributed by atoms with Crippen molar-refractivity contribution in [2.45, 2.75) is 108 Å². The minimum Gasteiger partial charge on any atom is -0.488 e. The van der Waals surface area contributed by atoms with Gasteiger partial charge >= 0.3 is 0 Å². The number of amidine groups is 1. The lowest BCUT2D eigenvalue weighted by atomic mass is 9.78.